The van der Waals surface area contributed by atoms with Crippen LogP contribution in [0.15, 0.2) is 30.6 Å². The average molecular weight is 555 g/mol. The molecule has 0 aliphatic carbocycles. The minimum Gasteiger partial charge on any atom is -0.475 e. The van der Waals surface area contributed by atoms with Crippen molar-refractivity contribution >= 4 is 17.8 Å². The summed E-state index contributed by atoms with van der Waals surface area (Å²) in [7, 11) is 0. The summed E-state index contributed by atoms with van der Waals surface area (Å²) in [6.45, 7) is 7.00. The van der Waals surface area contributed by atoms with Gasteiger partial charge in [-0.1, -0.05) is 6.07 Å². The molecule has 2 aliphatic rings. The van der Waals surface area contributed by atoms with Crippen LogP contribution in [-0.4, -0.2) is 86.8 Å². The summed E-state index contributed by atoms with van der Waals surface area (Å²) < 4.78 is 71.4. The van der Waals surface area contributed by atoms with Gasteiger partial charge in [0, 0.05) is 45.4 Å². The molecule has 1 atom stereocenters. The maximum absolute atomic E-state index is 10.6. The molecule has 16 heteroatoms. The van der Waals surface area contributed by atoms with Gasteiger partial charge in [0.15, 0.2) is 0 Å². The predicted octanol–water partition coefficient (Wildman–Crippen LogP) is 3.05. The molecule has 4 heterocycles. The molecule has 0 radical (unpaired) electrons. The summed E-state index contributed by atoms with van der Waals surface area (Å²) in [5.41, 5.74) is 1.24. The standard InChI is InChI=1S/C18H25N5O.2C2HF3O2/c1-2-6-19-17(3-1)20-11-16-12-21-18-4-7-22(8-9-23(16)18)13-15-5-10-24-14-15;2*3-2(4,5)1(6)7/h1-3,6,12,15H,4-5,7-11,13-14H2,(H,19,20);2*(H,6,7). The number of alkyl halides is 6. The Hall–Kier alpha value is -3.40. The van der Waals surface area contributed by atoms with E-state index in [0.29, 0.717) is 5.92 Å². The molecule has 3 N–H and O–H groups in total. The number of ether oxygens (including phenoxy) is 1. The number of fused-ring (bicyclic) bond motifs is 1. The SMILES string of the molecule is O=C(O)C(F)(F)F.O=C(O)C(F)(F)F.c1ccc(NCc2cnc3n2CCN(CC2CCOC2)CC3)nc1. The van der Waals surface area contributed by atoms with Crippen LogP contribution < -0.4 is 5.32 Å². The number of anilines is 1. The van der Waals surface area contributed by atoms with Gasteiger partial charge in [-0.3, -0.25) is 0 Å². The van der Waals surface area contributed by atoms with Crippen molar-refractivity contribution in [2.24, 2.45) is 5.92 Å². The van der Waals surface area contributed by atoms with Crippen molar-refractivity contribution in [1.82, 2.24) is 19.4 Å². The van der Waals surface area contributed by atoms with Crippen LogP contribution in [0.5, 0.6) is 0 Å². The Morgan fingerprint density at radius 3 is 2.21 bits per heavy atom. The third-order valence-electron chi connectivity index (χ3n) is 5.45. The van der Waals surface area contributed by atoms with E-state index in [4.69, 9.17) is 24.5 Å². The van der Waals surface area contributed by atoms with E-state index in [1.807, 2.05) is 30.6 Å². The number of hydrogen-bond acceptors (Lipinski definition) is 7. The van der Waals surface area contributed by atoms with Crippen molar-refractivity contribution in [3.8, 4) is 0 Å². The Morgan fingerprint density at radius 2 is 1.68 bits per heavy atom. The molecule has 0 aromatic carbocycles. The quantitative estimate of drug-likeness (QED) is 0.477. The van der Waals surface area contributed by atoms with Crippen LogP contribution in [-0.2, 0) is 33.8 Å². The van der Waals surface area contributed by atoms with E-state index in [-0.39, 0.29) is 0 Å². The van der Waals surface area contributed by atoms with E-state index < -0.39 is 24.3 Å². The number of hydrogen-bond donors (Lipinski definition) is 3. The van der Waals surface area contributed by atoms with Crippen molar-refractivity contribution in [2.75, 3.05) is 38.2 Å². The molecule has 1 saturated heterocycles. The van der Waals surface area contributed by atoms with E-state index in [0.717, 1.165) is 58.2 Å². The van der Waals surface area contributed by atoms with Crippen molar-refractivity contribution in [3.05, 3.63) is 42.1 Å². The number of aliphatic carboxylic acids is 2. The van der Waals surface area contributed by atoms with Gasteiger partial charge in [-0.05, 0) is 24.5 Å². The van der Waals surface area contributed by atoms with E-state index in [1.54, 1.807) is 0 Å². The fourth-order valence-electron chi connectivity index (χ4n) is 3.60. The zero-order chi connectivity index (χ0) is 28.3. The Morgan fingerprint density at radius 1 is 1.03 bits per heavy atom. The van der Waals surface area contributed by atoms with Crippen molar-refractivity contribution in [2.45, 2.75) is 38.3 Å². The highest BCUT2D eigenvalue weighted by atomic mass is 19.4. The van der Waals surface area contributed by atoms with Gasteiger partial charge in [0.1, 0.15) is 11.6 Å². The van der Waals surface area contributed by atoms with Crippen LogP contribution in [0.2, 0.25) is 0 Å². The maximum Gasteiger partial charge on any atom is 0.490 e. The number of nitrogens with one attached hydrogen (secondary N) is 1. The first kappa shape index (κ1) is 30.8. The Labute approximate surface area is 213 Å². The van der Waals surface area contributed by atoms with E-state index in [1.165, 1.54) is 17.9 Å². The summed E-state index contributed by atoms with van der Waals surface area (Å²) in [5.74, 6) is -2.69. The number of halogens is 6. The lowest BCUT2D eigenvalue weighted by molar-refractivity contribution is -0.193. The molecule has 10 nitrogen and oxygen atoms in total. The summed E-state index contributed by atoms with van der Waals surface area (Å²) in [6.07, 6.45) is -4.12. The van der Waals surface area contributed by atoms with Gasteiger partial charge in [0.05, 0.1) is 25.0 Å². The fraction of sp³-hybridized carbons (Fsp3) is 0.545. The first-order chi connectivity index (χ1) is 17.8. The molecule has 4 rings (SSSR count). The second-order valence-electron chi connectivity index (χ2n) is 8.27. The summed E-state index contributed by atoms with van der Waals surface area (Å²) >= 11 is 0. The number of nitrogens with zero attached hydrogens (tertiary/aromatic N) is 4. The minimum absolute atomic E-state index is 0.709. The molecule has 0 saturated carbocycles. The van der Waals surface area contributed by atoms with Gasteiger partial charge in [-0.15, -0.1) is 0 Å². The van der Waals surface area contributed by atoms with Crippen LogP contribution in [0.4, 0.5) is 32.2 Å². The molecule has 38 heavy (non-hydrogen) atoms. The van der Waals surface area contributed by atoms with Gasteiger partial charge in [0.25, 0.3) is 0 Å². The maximum atomic E-state index is 10.6. The third-order valence-corrected chi connectivity index (χ3v) is 5.45. The van der Waals surface area contributed by atoms with Gasteiger partial charge in [0.2, 0.25) is 0 Å². The monoisotopic (exact) mass is 555 g/mol. The molecule has 0 bridgehead atoms. The fourth-order valence-corrected chi connectivity index (χ4v) is 3.60. The first-order valence-corrected chi connectivity index (χ1v) is 11.4. The Bertz CT molecular complexity index is 1000. The van der Waals surface area contributed by atoms with Gasteiger partial charge >= 0.3 is 24.3 Å². The molecular formula is C22H27F6N5O5. The number of carboxylic acids is 2. The largest absolute Gasteiger partial charge is 0.490 e. The second-order valence-corrected chi connectivity index (χ2v) is 8.27. The van der Waals surface area contributed by atoms with Crippen LogP contribution in [0.3, 0.4) is 0 Å². The van der Waals surface area contributed by atoms with Crippen LogP contribution >= 0.6 is 0 Å². The number of carboxylic acid groups (broad SMARTS) is 2. The van der Waals surface area contributed by atoms with Crippen molar-refractivity contribution < 1.29 is 50.9 Å². The number of imidazole rings is 1. The summed E-state index contributed by atoms with van der Waals surface area (Å²) in [6, 6.07) is 5.92. The van der Waals surface area contributed by atoms with E-state index in [2.05, 4.69) is 24.8 Å². The number of carbonyl (C=O) groups is 2. The normalized spacial score (nSPS) is 17.7. The predicted molar refractivity (Wildman–Crippen MR) is 120 cm³/mol. The first-order valence-electron chi connectivity index (χ1n) is 11.4. The molecule has 2 aromatic heterocycles. The number of rotatable bonds is 5. The lowest BCUT2D eigenvalue weighted by Crippen LogP contribution is -2.32. The highest BCUT2D eigenvalue weighted by Gasteiger charge is 2.38. The molecular weight excluding hydrogens is 528 g/mol. The van der Waals surface area contributed by atoms with Crippen LogP contribution in [0.25, 0.3) is 0 Å². The Balaban J connectivity index is 0.000000301. The Kier molecular flexibility index (Phi) is 11.3. The highest BCUT2D eigenvalue weighted by molar-refractivity contribution is 5.73. The molecule has 1 fully saturated rings. The zero-order valence-electron chi connectivity index (χ0n) is 20.0. The van der Waals surface area contributed by atoms with Gasteiger partial charge in [-0.2, -0.15) is 26.3 Å². The smallest absolute Gasteiger partial charge is 0.475 e. The minimum atomic E-state index is -5.08. The molecule has 1 unspecified atom stereocenters. The second kappa shape index (κ2) is 13.9. The molecule has 212 valence electrons. The molecule has 0 amide bonds. The van der Waals surface area contributed by atoms with E-state index >= 15 is 0 Å². The molecule has 2 aromatic rings. The molecule has 0 spiro atoms. The number of aromatic nitrogens is 3. The topological polar surface area (TPSA) is 130 Å². The van der Waals surface area contributed by atoms with Crippen LogP contribution in [0, 0.1) is 5.92 Å². The van der Waals surface area contributed by atoms with Crippen molar-refractivity contribution in [1.29, 1.82) is 0 Å². The lowest BCUT2D eigenvalue weighted by atomic mass is 10.1. The highest BCUT2D eigenvalue weighted by Crippen LogP contribution is 2.18. The van der Waals surface area contributed by atoms with Gasteiger partial charge in [-0.25, -0.2) is 19.6 Å². The van der Waals surface area contributed by atoms with E-state index in [9.17, 15) is 26.3 Å². The summed E-state index contributed by atoms with van der Waals surface area (Å²) in [5, 5.41) is 17.6. The zero-order valence-corrected chi connectivity index (χ0v) is 20.0. The lowest BCUT2D eigenvalue weighted by Gasteiger charge is -2.22. The number of pyridine rings is 1. The van der Waals surface area contributed by atoms with Crippen molar-refractivity contribution in [3.63, 3.8) is 0 Å². The average Bonchev–Trinajstić information content (AvgIpc) is 3.44. The van der Waals surface area contributed by atoms with Gasteiger partial charge < -0.3 is 29.7 Å². The summed E-state index contributed by atoms with van der Waals surface area (Å²) in [4.78, 5) is 29.3. The third kappa shape index (κ3) is 10.5. The van der Waals surface area contributed by atoms with Crippen LogP contribution in [0.1, 0.15) is 17.9 Å². The molecule has 2 aliphatic heterocycles.